The topological polar surface area (TPSA) is 118 Å². The van der Waals surface area contributed by atoms with Crippen LogP contribution in [0.5, 0.6) is 0 Å². The molecule has 0 spiro atoms. The van der Waals surface area contributed by atoms with Gasteiger partial charge in [0.15, 0.2) is 0 Å². The maximum Gasteiger partial charge on any atom is 0.233 e. The average Bonchev–Trinajstić information content (AvgIpc) is 3.04. The number of para-hydroxylation sites is 1. The van der Waals surface area contributed by atoms with E-state index in [1.807, 2.05) is 48.5 Å². The number of rotatable bonds is 4. The molecule has 1 heterocycles. The molecule has 2 aromatic carbocycles. The number of hydrogen-bond acceptors (Lipinski definition) is 4. The lowest BCUT2D eigenvalue weighted by atomic mass is 10.0. The van der Waals surface area contributed by atoms with E-state index in [2.05, 4.69) is 20.8 Å². The molecule has 1 aliphatic heterocycles. The minimum atomic E-state index is -0.193. The third-order valence-electron chi connectivity index (χ3n) is 4.04. The van der Waals surface area contributed by atoms with Gasteiger partial charge in [-0.3, -0.25) is 4.79 Å². The summed E-state index contributed by atoms with van der Waals surface area (Å²) >= 11 is 0. The van der Waals surface area contributed by atoms with Crippen LogP contribution in [-0.4, -0.2) is 24.1 Å². The Morgan fingerprint density at radius 1 is 1.12 bits per heavy atom. The summed E-state index contributed by atoms with van der Waals surface area (Å²) in [5, 5.41) is 13.8. The van der Waals surface area contributed by atoms with Crippen molar-refractivity contribution in [1.82, 2.24) is 0 Å². The molecule has 0 saturated carbocycles. The quantitative estimate of drug-likeness (QED) is 0.387. The van der Waals surface area contributed by atoms with Gasteiger partial charge in [0.25, 0.3) is 0 Å². The molecule has 128 valence electrons. The second-order valence-electron chi connectivity index (χ2n) is 5.80. The lowest BCUT2D eigenvalue weighted by Gasteiger charge is -2.11. The summed E-state index contributed by atoms with van der Waals surface area (Å²) in [6.45, 7) is 2.41. The number of amides is 1. The van der Waals surface area contributed by atoms with Crippen LogP contribution in [0.25, 0.3) is 0 Å². The van der Waals surface area contributed by atoms with Crippen LogP contribution in [-0.2, 0) is 4.79 Å². The van der Waals surface area contributed by atoms with Crippen LogP contribution >= 0.6 is 0 Å². The fourth-order valence-corrected chi connectivity index (χ4v) is 2.73. The SMILES string of the molecule is C/C(=N\N=C(N)N)c1ccc(NC(=O)C2CNc3ccccc32)cc1. The summed E-state index contributed by atoms with van der Waals surface area (Å²) in [5.74, 6) is -0.314. The number of guanidine groups is 1. The van der Waals surface area contributed by atoms with E-state index in [0.29, 0.717) is 12.3 Å². The fourth-order valence-electron chi connectivity index (χ4n) is 2.73. The van der Waals surface area contributed by atoms with Crippen molar-refractivity contribution in [2.24, 2.45) is 21.7 Å². The molecule has 0 radical (unpaired) electrons. The first-order chi connectivity index (χ1) is 12.0. The van der Waals surface area contributed by atoms with Gasteiger partial charge in [0.1, 0.15) is 0 Å². The van der Waals surface area contributed by atoms with Gasteiger partial charge in [-0.2, -0.15) is 5.10 Å². The molecule has 3 rings (SSSR count). The molecule has 6 N–H and O–H groups in total. The predicted octanol–water partition coefficient (Wildman–Crippen LogP) is 1.83. The fraction of sp³-hybridized carbons (Fsp3) is 0.167. The number of carbonyl (C=O) groups excluding carboxylic acids is 1. The zero-order valence-electron chi connectivity index (χ0n) is 13.9. The van der Waals surface area contributed by atoms with Crippen molar-refractivity contribution in [3.05, 3.63) is 59.7 Å². The molecule has 0 aliphatic carbocycles. The number of anilines is 2. The zero-order chi connectivity index (χ0) is 17.8. The molecule has 0 saturated heterocycles. The standard InChI is InChI=1S/C18H20N6O/c1-11(23-24-18(19)20)12-6-8-13(9-7-12)22-17(25)15-10-21-16-5-3-2-4-14(15)16/h2-9,15,21H,10H2,1H3,(H,22,25)(H4,19,20,24)/b23-11+. The summed E-state index contributed by atoms with van der Waals surface area (Å²) < 4.78 is 0. The van der Waals surface area contributed by atoms with Crippen LogP contribution in [0.3, 0.4) is 0 Å². The molecule has 0 aromatic heterocycles. The molecule has 0 bridgehead atoms. The Kier molecular flexibility index (Phi) is 4.65. The number of hydrogen-bond donors (Lipinski definition) is 4. The molecule has 1 unspecified atom stereocenters. The highest BCUT2D eigenvalue weighted by atomic mass is 16.1. The van der Waals surface area contributed by atoms with E-state index in [4.69, 9.17) is 11.5 Å². The molecule has 7 nitrogen and oxygen atoms in total. The highest BCUT2D eigenvalue weighted by Gasteiger charge is 2.28. The largest absolute Gasteiger partial charge is 0.384 e. The first kappa shape index (κ1) is 16.5. The minimum Gasteiger partial charge on any atom is -0.384 e. The Morgan fingerprint density at radius 3 is 2.56 bits per heavy atom. The Bertz CT molecular complexity index is 837. The van der Waals surface area contributed by atoms with Crippen LogP contribution < -0.4 is 22.1 Å². The third kappa shape index (κ3) is 3.77. The Hall–Kier alpha value is -3.35. The number of carbonyl (C=O) groups is 1. The Labute approximate surface area is 145 Å². The summed E-state index contributed by atoms with van der Waals surface area (Å²) in [7, 11) is 0. The Balaban J connectivity index is 1.69. The highest BCUT2D eigenvalue weighted by molar-refractivity contribution is 6.01. The number of benzene rings is 2. The zero-order valence-corrected chi connectivity index (χ0v) is 13.9. The van der Waals surface area contributed by atoms with Gasteiger partial charge in [-0.1, -0.05) is 30.3 Å². The van der Waals surface area contributed by atoms with E-state index in [9.17, 15) is 4.79 Å². The summed E-state index contributed by atoms with van der Waals surface area (Å²) in [6, 6.07) is 15.2. The van der Waals surface area contributed by atoms with E-state index in [-0.39, 0.29) is 17.8 Å². The van der Waals surface area contributed by atoms with Crippen LogP contribution in [0, 0.1) is 0 Å². The van der Waals surface area contributed by atoms with Gasteiger partial charge in [0.05, 0.1) is 11.6 Å². The van der Waals surface area contributed by atoms with Crippen LogP contribution in [0.1, 0.15) is 24.0 Å². The molecule has 1 atom stereocenters. The molecule has 1 aliphatic rings. The van der Waals surface area contributed by atoms with Gasteiger partial charge in [-0.05, 0) is 36.2 Å². The van der Waals surface area contributed by atoms with Gasteiger partial charge in [-0.25, -0.2) is 0 Å². The molecule has 0 fully saturated rings. The number of nitrogens with two attached hydrogens (primary N) is 2. The maximum absolute atomic E-state index is 12.6. The molecule has 2 aromatic rings. The summed E-state index contributed by atoms with van der Waals surface area (Å²) in [5.41, 5.74) is 14.8. The normalized spacial score (nSPS) is 15.9. The van der Waals surface area contributed by atoms with Crippen molar-refractivity contribution in [2.45, 2.75) is 12.8 Å². The van der Waals surface area contributed by atoms with Crippen molar-refractivity contribution < 1.29 is 4.79 Å². The van der Waals surface area contributed by atoms with Crippen molar-refractivity contribution in [2.75, 3.05) is 17.2 Å². The third-order valence-corrected chi connectivity index (χ3v) is 4.04. The minimum absolute atomic E-state index is 0.0314. The number of fused-ring (bicyclic) bond motifs is 1. The van der Waals surface area contributed by atoms with Crippen molar-refractivity contribution in [3.8, 4) is 0 Å². The highest BCUT2D eigenvalue weighted by Crippen LogP contribution is 2.31. The van der Waals surface area contributed by atoms with Crippen molar-refractivity contribution in [1.29, 1.82) is 0 Å². The smallest absolute Gasteiger partial charge is 0.233 e. The molecular formula is C18H20N6O. The second kappa shape index (κ2) is 7.04. The summed E-state index contributed by atoms with van der Waals surface area (Å²) in [6.07, 6.45) is 0. The van der Waals surface area contributed by atoms with Gasteiger partial charge in [0.2, 0.25) is 11.9 Å². The molecular weight excluding hydrogens is 316 g/mol. The van der Waals surface area contributed by atoms with E-state index in [1.165, 1.54) is 0 Å². The van der Waals surface area contributed by atoms with E-state index in [1.54, 1.807) is 6.92 Å². The predicted molar refractivity (Wildman–Crippen MR) is 101 cm³/mol. The van der Waals surface area contributed by atoms with Crippen LogP contribution in [0.4, 0.5) is 11.4 Å². The van der Waals surface area contributed by atoms with E-state index < -0.39 is 0 Å². The van der Waals surface area contributed by atoms with E-state index >= 15 is 0 Å². The lowest BCUT2D eigenvalue weighted by Crippen LogP contribution is -2.22. The van der Waals surface area contributed by atoms with Crippen molar-refractivity contribution in [3.63, 3.8) is 0 Å². The van der Waals surface area contributed by atoms with E-state index in [0.717, 1.165) is 22.5 Å². The van der Waals surface area contributed by atoms with Gasteiger partial charge < -0.3 is 22.1 Å². The van der Waals surface area contributed by atoms with Crippen molar-refractivity contribution >= 4 is 29.0 Å². The lowest BCUT2D eigenvalue weighted by molar-refractivity contribution is -0.117. The molecule has 7 heteroatoms. The number of nitrogens with one attached hydrogen (secondary N) is 2. The monoisotopic (exact) mass is 336 g/mol. The first-order valence-corrected chi connectivity index (χ1v) is 7.92. The summed E-state index contributed by atoms with van der Waals surface area (Å²) in [4.78, 5) is 12.6. The van der Waals surface area contributed by atoms with Crippen LogP contribution in [0.15, 0.2) is 58.7 Å². The van der Waals surface area contributed by atoms with Gasteiger partial charge in [-0.15, -0.1) is 5.10 Å². The number of nitrogens with zero attached hydrogens (tertiary/aromatic N) is 2. The Morgan fingerprint density at radius 2 is 1.84 bits per heavy atom. The van der Waals surface area contributed by atoms with Crippen LogP contribution in [0.2, 0.25) is 0 Å². The average molecular weight is 336 g/mol. The molecule has 25 heavy (non-hydrogen) atoms. The maximum atomic E-state index is 12.6. The van der Waals surface area contributed by atoms with Gasteiger partial charge in [0, 0.05) is 17.9 Å². The van der Waals surface area contributed by atoms with Gasteiger partial charge >= 0.3 is 0 Å². The first-order valence-electron chi connectivity index (χ1n) is 7.92. The second-order valence-corrected chi connectivity index (χ2v) is 5.80. The molecule has 1 amide bonds.